The molecule has 0 fully saturated rings. The van der Waals surface area contributed by atoms with Crippen molar-refractivity contribution in [3.63, 3.8) is 0 Å². The normalized spacial score (nSPS) is 11.7. The molecule has 0 saturated carbocycles. The minimum atomic E-state index is -2.72. The van der Waals surface area contributed by atoms with Gasteiger partial charge in [0.2, 0.25) is 0 Å². The fourth-order valence-corrected chi connectivity index (χ4v) is 3.22. The number of rotatable bonds is 5. The van der Waals surface area contributed by atoms with Crippen molar-refractivity contribution >= 4 is 28.6 Å². The number of benzene rings is 3. The predicted molar refractivity (Wildman–Crippen MR) is 99.7 cm³/mol. The van der Waals surface area contributed by atoms with E-state index in [1.807, 2.05) is 0 Å². The van der Waals surface area contributed by atoms with Gasteiger partial charge in [-0.05, 0) is 47.5 Å². The van der Waals surface area contributed by atoms with Crippen molar-refractivity contribution in [1.29, 1.82) is 0 Å². The van der Waals surface area contributed by atoms with E-state index in [0.29, 0.717) is 11.1 Å². The van der Waals surface area contributed by atoms with E-state index in [1.165, 1.54) is 12.1 Å². The van der Waals surface area contributed by atoms with Crippen LogP contribution in [0.5, 0.6) is 11.5 Å². The second kappa shape index (κ2) is 7.48. The molecule has 0 aromatic heterocycles. The van der Waals surface area contributed by atoms with Gasteiger partial charge in [0.05, 0.1) is 22.6 Å². The van der Waals surface area contributed by atoms with Crippen LogP contribution in [0.4, 0.5) is 11.4 Å². The Balaban J connectivity index is 2.06. The van der Waals surface area contributed by atoms with E-state index in [2.05, 4.69) is 0 Å². The SMILES string of the molecule is O=C(O)c1ccc(N(c2cccc(-c3cccc(O)c3)c2)S(=O)[O-])cc1O. The van der Waals surface area contributed by atoms with Gasteiger partial charge in [0, 0.05) is 6.07 Å². The van der Waals surface area contributed by atoms with Gasteiger partial charge in [0.1, 0.15) is 17.1 Å². The Kier molecular flexibility index (Phi) is 5.11. The zero-order chi connectivity index (χ0) is 19.6. The smallest absolute Gasteiger partial charge is 0.339 e. The van der Waals surface area contributed by atoms with Crippen molar-refractivity contribution < 1.29 is 28.9 Å². The molecule has 8 heteroatoms. The summed E-state index contributed by atoms with van der Waals surface area (Å²) < 4.78 is 24.6. The summed E-state index contributed by atoms with van der Waals surface area (Å²) >= 11 is -2.72. The van der Waals surface area contributed by atoms with Crippen molar-refractivity contribution in [2.75, 3.05) is 4.31 Å². The lowest BCUT2D eigenvalue weighted by Crippen LogP contribution is -2.19. The van der Waals surface area contributed by atoms with Crippen LogP contribution in [0.2, 0.25) is 0 Å². The molecule has 7 nitrogen and oxygen atoms in total. The van der Waals surface area contributed by atoms with Crippen LogP contribution in [0, 0.1) is 0 Å². The van der Waals surface area contributed by atoms with Gasteiger partial charge in [-0.15, -0.1) is 0 Å². The molecule has 3 aromatic carbocycles. The molecule has 1 unspecified atom stereocenters. The quantitative estimate of drug-likeness (QED) is 0.580. The summed E-state index contributed by atoms with van der Waals surface area (Å²) in [6.07, 6.45) is 0. The summed E-state index contributed by atoms with van der Waals surface area (Å²) in [5, 5.41) is 28.5. The van der Waals surface area contributed by atoms with Crippen LogP contribution >= 0.6 is 0 Å². The van der Waals surface area contributed by atoms with E-state index in [9.17, 15) is 23.8 Å². The number of hydrogen-bond acceptors (Lipinski definition) is 5. The number of anilines is 2. The van der Waals surface area contributed by atoms with Crippen molar-refractivity contribution in [3.8, 4) is 22.6 Å². The van der Waals surface area contributed by atoms with Crippen LogP contribution in [0.15, 0.2) is 66.7 Å². The minimum Gasteiger partial charge on any atom is -0.755 e. The van der Waals surface area contributed by atoms with E-state index < -0.39 is 23.0 Å². The highest BCUT2D eigenvalue weighted by molar-refractivity contribution is 7.81. The fraction of sp³-hybridized carbons (Fsp3) is 0. The van der Waals surface area contributed by atoms with Gasteiger partial charge < -0.3 is 19.9 Å². The maximum atomic E-state index is 11.8. The molecule has 0 aliphatic heterocycles. The first-order valence-electron chi connectivity index (χ1n) is 7.72. The first-order chi connectivity index (χ1) is 12.9. The molecule has 0 bridgehead atoms. The molecular formula is C19H14NO6S-. The molecule has 0 aliphatic rings. The fourth-order valence-electron chi connectivity index (χ4n) is 2.65. The number of carboxylic acid groups (broad SMARTS) is 1. The number of hydrogen-bond donors (Lipinski definition) is 3. The third kappa shape index (κ3) is 3.91. The molecule has 0 radical (unpaired) electrons. The van der Waals surface area contributed by atoms with Gasteiger partial charge in [0.25, 0.3) is 0 Å². The number of nitrogens with zero attached hydrogens (tertiary/aromatic N) is 1. The van der Waals surface area contributed by atoms with E-state index in [1.54, 1.807) is 42.5 Å². The predicted octanol–water partition coefficient (Wildman–Crippen LogP) is 3.40. The summed E-state index contributed by atoms with van der Waals surface area (Å²) in [7, 11) is 0. The average molecular weight is 384 g/mol. The molecule has 1 atom stereocenters. The molecule has 0 aliphatic carbocycles. The lowest BCUT2D eigenvalue weighted by Gasteiger charge is -2.27. The van der Waals surface area contributed by atoms with Crippen LogP contribution in [-0.2, 0) is 11.3 Å². The Morgan fingerprint density at radius 2 is 1.52 bits per heavy atom. The third-order valence-electron chi connectivity index (χ3n) is 3.86. The number of carboxylic acids is 1. The zero-order valence-corrected chi connectivity index (χ0v) is 14.6. The molecule has 3 rings (SSSR count). The van der Waals surface area contributed by atoms with Crippen molar-refractivity contribution in [2.24, 2.45) is 0 Å². The summed E-state index contributed by atoms with van der Waals surface area (Å²) in [5.74, 6) is -1.78. The lowest BCUT2D eigenvalue weighted by atomic mass is 10.0. The third-order valence-corrected chi connectivity index (χ3v) is 4.58. The van der Waals surface area contributed by atoms with Crippen molar-refractivity contribution in [1.82, 2.24) is 0 Å². The molecule has 0 saturated heterocycles. The monoisotopic (exact) mass is 384 g/mol. The standard InChI is InChI=1S/C19H15NO6S/c21-16-6-2-4-13(10-16)12-3-1-5-14(9-12)20(27(25)26)15-7-8-17(19(23)24)18(22)11-15/h1-11,21-22H,(H,23,24)(H,25,26)/p-1. The number of aromatic hydroxyl groups is 2. The van der Waals surface area contributed by atoms with Crippen LogP contribution in [-0.4, -0.2) is 30.1 Å². The van der Waals surface area contributed by atoms with Crippen LogP contribution in [0.25, 0.3) is 11.1 Å². The molecule has 0 spiro atoms. The topological polar surface area (TPSA) is 121 Å². The van der Waals surface area contributed by atoms with Gasteiger partial charge in [-0.2, -0.15) is 0 Å². The van der Waals surface area contributed by atoms with Crippen LogP contribution in [0.3, 0.4) is 0 Å². The highest BCUT2D eigenvalue weighted by atomic mass is 32.2. The molecule has 0 amide bonds. The lowest BCUT2D eigenvalue weighted by molar-refractivity contribution is 0.0693. The van der Waals surface area contributed by atoms with Crippen molar-refractivity contribution in [3.05, 3.63) is 72.3 Å². The van der Waals surface area contributed by atoms with E-state index in [0.717, 1.165) is 16.4 Å². The largest absolute Gasteiger partial charge is 0.755 e. The van der Waals surface area contributed by atoms with E-state index in [-0.39, 0.29) is 22.7 Å². The Morgan fingerprint density at radius 3 is 2.11 bits per heavy atom. The van der Waals surface area contributed by atoms with E-state index >= 15 is 0 Å². The Hall–Kier alpha value is -3.36. The van der Waals surface area contributed by atoms with Crippen LogP contribution in [0.1, 0.15) is 10.4 Å². The Bertz CT molecular complexity index is 1040. The molecular weight excluding hydrogens is 370 g/mol. The molecule has 27 heavy (non-hydrogen) atoms. The van der Waals surface area contributed by atoms with Crippen molar-refractivity contribution in [2.45, 2.75) is 0 Å². The second-order valence-corrected chi connectivity index (χ2v) is 6.42. The first-order valence-corrected chi connectivity index (χ1v) is 8.75. The van der Waals surface area contributed by atoms with Gasteiger partial charge in [-0.1, -0.05) is 24.3 Å². The summed E-state index contributed by atoms with van der Waals surface area (Å²) in [6, 6.07) is 16.6. The summed E-state index contributed by atoms with van der Waals surface area (Å²) in [6.45, 7) is 0. The Morgan fingerprint density at radius 1 is 0.889 bits per heavy atom. The summed E-state index contributed by atoms with van der Waals surface area (Å²) in [5.41, 5.74) is 1.40. The van der Waals surface area contributed by atoms with Gasteiger partial charge in [-0.25, -0.2) is 4.79 Å². The molecule has 3 aromatic rings. The second-order valence-electron chi connectivity index (χ2n) is 5.62. The molecule has 3 N–H and O–H groups in total. The number of phenolic OH excluding ortho intramolecular Hbond substituents is 1. The van der Waals surface area contributed by atoms with Crippen LogP contribution < -0.4 is 4.31 Å². The highest BCUT2D eigenvalue weighted by Gasteiger charge is 2.16. The van der Waals surface area contributed by atoms with E-state index in [4.69, 9.17) is 5.11 Å². The molecule has 138 valence electrons. The average Bonchev–Trinajstić information content (AvgIpc) is 2.61. The number of carbonyl (C=O) groups is 1. The zero-order valence-electron chi connectivity index (χ0n) is 13.8. The first kappa shape index (κ1) is 18.4. The Labute approximate surface area is 157 Å². The van der Waals surface area contributed by atoms with Gasteiger partial charge >= 0.3 is 5.97 Å². The highest BCUT2D eigenvalue weighted by Crippen LogP contribution is 2.34. The van der Waals surface area contributed by atoms with Gasteiger partial charge in [-0.3, -0.25) is 8.51 Å². The van der Waals surface area contributed by atoms with Gasteiger partial charge in [0.15, 0.2) is 0 Å². The molecule has 0 heterocycles. The number of aromatic carboxylic acids is 1. The maximum absolute atomic E-state index is 11.8. The number of phenols is 2. The summed E-state index contributed by atoms with van der Waals surface area (Å²) in [4.78, 5) is 11.0. The maximum Gasteiger partial charge on any atom is 0.339 e. The minimum absolute atomic E-state index is 0.0799.